The number of fused-ring (bicyclic) bond motifs is 1. The van der Waals surface area contributed by atoms with Crippen LogP contribution in [0.15, 0.2) is 86.0 Å². The molecule has 4 saturated heterocycles. The molecule has 2 unspecified atom stereocenters. The zero-order valence-electron chi connectivity index (χ0n) is 26.3. The van der Waals surface area contributed by atoms with Crippen LogP contribution in [-0.4, -0.2) is 114 Å². The van der Waals surface area contributed by atoms with E-state index in [9.17, 15) is 19.5 Å². The van der Waals surface area contributed by atoms with Crippen LogP contribution in [0.25, 0.3) is 0 Å². The van der Waals surface area contributed by atoms with Gasteiger partial charge in [0.2, 0.25) is 17.7 Å². The molecule has 6 rings (SSSR count). The zero-order chi connectivity index (χ0) is 32.3. The van der Waals surface area contributed by atoms with E-state index >= 15 is 0 Å². The van der Waals surface area contributed by atoms with Gasteiger partial charge in [-0.2, -0.15) is 0 Å². The first kappa shape index (κ1) is 32.1. The molecule has 4 aliphatic rings. The number of morpholine rings is 1. The van der Waals surface area contributed by atoms with Gasteiger partial charge in [-0.1, -0.05) is 60.7 Å². The summed E-state index contributed by atoms with van der Waals surface area (Å²) in [5, 5.41) is 10.8. The molecule has 4 fully saturated rings. The van der Waals surface area contributed by atoms with Crippen molar-refractivity contribution < 1.29 is 29.0 Å². The molecule has 0 radical (unpaired) electrons. The number of hydrogen-bond donors (Lipinski definition) is 1. The van der Waals surface area contributed by atoms with Gasteiger partial charge >= 0.3 is 0 Å². The fourth-order valence-corrected chi connectivity index (χ4v) is 7.96. The number of ether oxygens (including phenoxy) is 2. The Balaban J connectivity index is 1.39. The van der Waals surface area contributed by atoms with E-state index in [4.69, 9.17) is 9.47 Å². The van der Waals surface area contributed by atoms with E-state index in [1.54, 1.807) is 22.0 Å². The second-order valence-corrected chi connectivity index (χ2v) is 12.5. The molecule has 1 spiro atoms. The monoisotopic (exact) mass is 628 g/mol. The van der Waals surface area contributed by atoms with Gasteiger partial charge in [0.1, 0.15) is 11.6 Å². The predicted octanol–water partition coefficient (Wildman–Crippen LogP) is 2.66. The number of carbonyl (C=O) groups is 3. The molecule has 6 atom stereocenters. The van der Waals surface area contributed by atoms with Crippen LogP contribution < -0.4 is 4.90 Å². The van der Waals surface area contributed by atoms with Crippen molar-refractivity contribution in [2.24, 2.45) is 11.8 Å². The first-order chi connectivity index (χ1) is 22.4. The summed E-state index contributed by atoms with van der Waals surface area (Å²) in [4.78, 5) is 51.3. The molecular formula is C36H44N4O6. The molecule has 10 heteroatoms. The minimum Gasteiger partial charge on any atom is -0.394 e. The first-order valence-electron chi connectivity index (χ1n) is 16.3. The second kappa shape index (κ2) is 13.9. The van der Waals surface area contributed by atoms with Crippen LogP contribution in [0.1, 0.15) is 24.4 Å². The van der Waals surface area contributed by atoms with Crippen LogP contribution in [-0.2, 0) is 23.9 Å². The molecule has 0 aromatic heterocycles. The molecule has 46 heavy (non-hydrogen) atoms. The number of aliphatic hydroxyl groups is 1. The van der Waals surface area contributed by atoms with Crippen molar-refractivity contribution in [3.05, 3.63) is 91.5 Å². The minimum atomic E-state index is -1.20. The number of benzene rings is 2. The van der Waals surface area contributed by atoms with Crippen LogP contribution in [0.4, 0.5) is 5.69 Å². The Morgan fingerprint density at radius 1 is 1.00 bits per heavy atom. The molecule has 3 amide bonds. The number of carbonyl (C=O) groups excluding carboxylic acids is 3. The van der Waals surface area contributed by atoms with Crippen molar-refractivity contribution in [1.82, 2.24) is 14.7 Å². The third kappa shape index (κ3) is 5.68. The van der Waals surface area contributed by atoms with Crippen molar-refractivity contribution in [1.29, 1.82) is 0 Å². The number of hydrogen-bond acceptors (Lipinski definition) is 7. The molecule has 0 saturated carbocycles. The van der Waals surface area contributed by atoms with E-state index in [1.165, 1.54) is 4.90 Å². The summed E-state index contributed by atoms with van der Waals surface area (Å²) in [6.45, 7) is 11.9. The fourth-order valence-electron chi connectivity index (χ4n) is 7.96. The van der Waals surface area contributed by atoms with Crippen LogP contribution >= 0.6 is 0 Å². The number of likely N-dealkylation sites (tertiary alicyclic amines) is 1. The summed E-state index contributed by atoms with van der Waals surface area (Å²) >= 11 is 0. The summed E-state index contributed by atoms with van der Waals surface area (Å²) in [6, 6.07) is 16.8. The molecule has 244 valence electrons. The smallest absolute Gasteiger partial charge is 0.248 e. The topological polar surface area (TPSA) is 103 Å². The van der Waals surface area contributed by atoms with E-state index in [0.717, 1.165) is 13.1 Å². The highest BCUT2D eigenvalue weighted by Crippen LogP contribution is 2.60. The van der Waals surface area contributed by atoms with Crippen LogP contribution in [0.5, 0.6) is 0 Å². The van der Waals surface area contributed by atoms with Crippen molar-refractivity contribution in [3.8, 4) is 0 Å². The van der Waals surface area contributed by atoms with Gasteiger partial charge in [0.05, 0.1) is 43.8 Å². The van der Waals surface area contributed by atoms with Gasteiger partial charge in [-0.05, 0) is 30.5 Å². The largest absolute Gasteiger partial charge is 0.394 e. The molecule has 2 aromatic carbocycles. The number of amides is 3. The average molecular weight is 629 g/mol. The van der Waals surface area contributed by atoms with Crippen LogP contribution in [0.3, 0.4) is 0 Å². The molecule has 4 aliphatic heterocycles. The van der Waals surface area contributed by atoms with Crippen molar-refractivity contribution in [2.45, 2.75) is 36.6 Å². The Morgan fingerprint density at radius 2 is 1.67 bits per heavy atom. The van der Waals surface area contributed by atoms with Crippen molar-refractivity contribution >= 4 is 23.4 Å². The second-order valence-electron chi connectivity index (χ2n) is 12.5. The zero-order valence-corrected chi connectivity index (χ0v) is 26.3. The maximum atomic E-state index is 14.8. The summed E-state index contributed by atoms with van der Waals surface area (Å²) in [6.07, 6.45) is 3.89. The predicted molar refractivity (Wildman–Crippen MR) is 174 cm³/mol. The SMILES string of the molecule is C=CCN(CCN1CCOCC1)C(=O)C1N([C@H](CO)c2ccccc2)C(=O)[C@@H]2[C@H](C(=O)N(CC=C)c3ccccc3)[C@@H]3CCC12O3. The first-order valence-corrected chi connectivity index (χ1v) is 16.3. The molecule has 1 N–H and O–H groups in total. The summed E-state index contributed by atoms with van der Waals surface area (Å²) in [5.41, 5.74) is 0.221. The number of para-hydroxylation sites is 1. The molecule has 0 aliphatic carbocycles. The lowest BCUT2D eigenvalue weighted by atomic mass is 9.70. The van der Waals surface area contributed by atoms with Crippen molar-refractivity contribution in [2.75, 3.05) is 64.0 Å². The van der Waals surface area contributed by atoms with E-state index < -0.39 is 35.6 Å². The molecule has 2 bridgehead atoms. The third-order valence-electron chi connectivity index (χ3n) is 10.0. The van der Waals surface area contributed by atoms with Crippen LogP contribution in [0.2, 0.25) is 0 Å². The Morgan fingerprint density at radius 3 is 2.33 bits per heavy atom. The summed E-state index contributed by atoms with van der Waals surface area (Å²) in [7, 11) is 0. The lowest BCUT2D eigenvalue weighted by Gasteiger charge is -2.40. The maximum absolute atomic E-state index is 14.8. The van der Waals surface area contributed by atoms with Gasteiger partial charge in [0.25, 0.3) is 0 Å². The lowest BCUT2D eigenvalue weighted by Crippen LogP contribution is -2.58. The standard InChI is InChI=1S/C36H44N4O6/c1-3-17-38(20-19-37-21-23-45-24-22-37)35(44)32-36-16-15-29(46-36)30(33(42)39(18-4-2)27-13-9-6-10-14-27)31(36)34(43)40(32)28(25-41)26-11-7-5-8-12-26/h3-14,28-32,41H,1-2,15-25H2/t28-,29+,30-,31+,32?,36?/m1/s1. The summed E-state index contributed by atoms with van der Waals surface area (Å²) < 4.78 is 12.3. The van der Waals surface area contributed by atoms with Gasteiger partial charge in [-0.15, -0.1) is 13.2 Å². The number of nitrogens with zero attached hydrogens (tertiary/aromatic N) is 4. The third-order valence-corrected chi connectivity index (χ3v) is 10.0. The Bertz CT molecular complexity index is 1420. The Hall–Kier alpha value is -3.83. The summed E-state index contributed by atoms with van der Waals surface area (Å²) in [5.74, 6) is -2.46. The van der Waals surface area contributed by atoms with E-state index in [-0.39, 0.29) is 30.9 Å². The maximum Gasteiger partial charge on any atom is 0.248 e. The number of aliphatic hydroxyl groups excluding tert-OH is 1. The number of anilines is 1. The Labute approximate surface area is 270 Å². The molecular weight excluding hydrogens is 584 g/mol. The van der Waals surface area contributed by atoms with Gasteiger partial charge in [0.15, 0.2) is 0 Å². The van der Waals surface area contributed by atoms with Gasteiger partial charge in [-0.3, -0.25) is 19.3 Å². The molecule has 4 heterocycles. The van der Waals surface area contributed by atoms with Crippen molar-refractivity contribution in [3.63, 3.8) is 0 Å². The minimum absolute atomic E-state index is 0.223. The highest BCUT2D eigenvalue weighted by atomic mass is 16.5. The average Bonchev–Trinajstić information content (AvgIpc) is 3.74. The quantitative estimate of drug-likeness (QED) is 0.341. The molecule has 10 nitrogen and oxygen atoms in total. The fraction of sp³-hybridized carbons (Fsp3) is 0.472. The Kier molecular flexibility index (Phi) is 9.70. The highest BCUT2D eigenvalue weighted by molar-refractivity contribution is 6.03. The van der Waals surface area contributed by atoms with E-state index in [1.807, 2.05) is 60.7 Å². The number of rotatable bonds is 13. The lowest BCUT2D eigenvalue weighted by molar-refractivity contribution is -0.151. The van der Waals surface area contributed by atoms with Gasteiger partial charge in [0, 0.05) is 45.0 Å². The van der Waals surface area contributed by atoms with Gasteiger partial charge < -0.3 is 29.3 Å². The van der Waals surface area contributed by atoms with E-state index in [2.05, 4.69) is 18.1 Å². The normalized spacial score (nSPS) is 27.7. The van der Waals surface area contributed by atoms with Gasteiger partial charge in [-0.25, -0.2) is 0 Å². The highest BCUT2D eigenvalue weighted by Gasteiger charge is 2.75. The van der Waals surface area contributed by atoms with Crippen LogP contribution in [0, 0.1) is 11.8 Å². The molecule has 2 aromatic rings. The van der Waals surface area contributed by atoms with E-state index in [0.29, 0.717) is 56.9 Å².